The Kier molecular flexibility index (Phi) is 6.84. The van der Waals surface area contributed by atoms with Crippen LogP contribution in [0.3, 0.4) is 0 Å². The zero-order chi connectivity index (χ0) is 20.3. The molecule has 1 fully saturated rings. The number of carbonyl (C=O) groups excluding carboxylic acids is 1. The molecule has 0 saturated carbocycles. The van der Waals surface area contributed by atoms with Crippen molar-refractivity contribution >= 4 is 58.4 Å². The third-order valence-corrected chi connectivity index (χ3v) is 7.01. The summed E-state index contributed by atoms with van der Waals surface area (Å²) >= 11 is 3.40. The monoisotopic (exact) mass is 476 g/mol. The van der Waals surface area contributed by atoms with Gasteiger partial charge in [-0.2, -0.15) is 5.10 Å². The number of hydrogen-bond acceptors (Lipinski definition) is 8. The number of benzene rings is 1. The van der Waals surface area contributed by atoms with Crippen molar-refractivity contribution in [2.45, 2.75) is 0 Å². The topological polar surface area (TPSA) is 66.7 Å². The Bertz CT molecular complexity index is 1030. The first-order valence-corrected chi connectivity index (χ1v) is 11.6. The predicted molar refractivity (Wildman–Crippen MR) is 128 cm³/mol. The van der Waals surface area contributed by atoms with Crippen LogP contribution in [0.4, 0.5) is 0 Å². The number of thiophene rings is 1. The lowest BCUT2D eigenvalue weighted by Gasteiger charge is -2.35. The minimum atomic E-state index is 0. The zero-order valence-electron chi connectivity index (χ0n) is 16.6. The number of ether oxygens (including phenoxy) is 2. The van der Waals surface area contributed by atoms with Crippen molar-refractivity contribution < 1.29 is 14.3 Å². The fourth-order valence-electron chi connectivity index (χ4n) is 3.42. The first-order valence-electron chi connectivity index (χ1n) is 9.69. The van der Waals surface area contributed by atoms with Gasteiger partial charge in [0.25, 0.3) is 0 Å². The van der Waals surface area contributed by atoms with Crippen LogP contribution in [-0.4, -0.2) is 65.3 Å². The van der Waals surface area contributed by atoms with Gasteiger partial charge in [0, 0.05) is 38.0 Å². The third kappa shape index (κ3) is 4.89. The summed E-state index contributed by atoms with van der Waals surface area (Å²) in [5.74, 6) is 2.30. The summed E-state index contributed by atoms with van der Waals surface area (Å²) < 4.78 is 10.7. The number of rotatable bonds is 3. The Morgan fingerprint density at radius 2 is 1.90 bits per heavy atom. The molecule has 0 unspecified atom stereocenters. The molecule has 1 aromatic carbocycles. The molecular formula is C21H21ClN4O3S2. The van der Waals surface area contributed by atoms with Crippen molar-refractivity contribution in [3.05, 3.63) is 52.2 Å². The molecule has 0 N–H and O–H groups in total. The van der Waals surface area contributed by atoms with Crippen molar-refractivity contribution in [1.29, 1.82) is 0 Å². The normalized spacial score (nSPS) is 17.9. The van der Waals surface area contributed by atoms with Gasteiger partial charge >= 0.3 is 0 Å². The van der Waals surface area contributed by atoms with Gasteiger partial charge in [0.2, 0.25) is 12.7 Å². The summed E-state index contributed by atoms with van der Waals surface area (Å²) in [6.45, 7) is 3.12. The molecule has 5 rings (SSSR count). The van der Waals surface area contributed by atoms with E-state index >= 15 is 0 Å². The standard InChI is InChI=1S/C21H20N4O3S2.ClH/c26-20(6-4-15-3-5-17-18(12-15)28-14-27-17)24-7-9-25(10-8-24)21-23-22-16(13-30-21)19-2-1-11-29-19;/h1-6,11-12H,7-10,13-14H2;1H. The number of amidine groups is 1. The number of fused-ring (bicyclic) bond motifs is 1. The van der Waals surface area contributed by atoms with E-state index in [0.29, 0.717) is 18.8 Å². The third-order valence-electron chi connectivity index (χ3n) is 5.08. The van der Waals surface area contributed by atoms with Crippen molar-refractivity contribution in [3.8, 4) is 11.5 Å². The number of hydrogen-bond donors (Lipinski definition) is 0. The van der Waals surface area contributed by atoms with E-state index in [0.717, 1.165) is 41.0 Å². The van der Waals surface area contributed by atoms with E-state index in [1.165, 1.54) is 4.88 Å². The van der Waals surface area contributed by atoms with Gasteiger partial charge in [0.1, 0.15) is 0 Å². The van der Waals surface area contributed by atoms with Crippen LogP contribution in [0.1, 0.15) is 10.4 Å². The van der Waals surface area contributed by atoms with Crippen LogP contribution in [0.2, 0.25) is 0 Å². The minimum absolute atomic E-state index is 0. The molecule has 0 radical (unpaired) electrons. The molecule has 7 nitrogen and oxygen atoms in total. The van der Waals surface area contributed by atoms with E-state index in [-0.39, 0.29) is 25.1 Å². The van der Waals surface area contributed by atoms with E-state index in [9.17, 15) is 4.79 Å². The van der Waals surface area contributed by atoms with Crippen LogP contribution < -0.4 is 9.47 Å². The van der Waals surface area contributed by atoms with Crippen LogP contribution in [0.15, 0.2) is 52.0 Å². The average molecular weight is 477 g/mol. The van der Waals surface area contributed by atoms with Crippen LogP contribution in [0.25, 0.3) is 6.08 Å². The van der Waals surface area contributed by atoms with Crippen molar-refractivity contribution in [2.24, 2.45) is 10.2 Å². The number of amides is 1. The first kappa shape index (κ1) is 21.7. The van der Waals surface area contributed by atoms with E-state index in [1.807, 2.05) is 35.2 Å². The molecule has 3 aliphatic heterocycles. The lowest BCUT2D eigenvalue weighted by atomic mass is 10.2. The van der Waals surface area contributed by atoms with E-state index in [4.69, 9.17) is 9.47 Å². The van der Waals surface area contributed by atoms with Crippen LogP contribution in [-0.2, 0) is 4.79 Å². The van der Waals surface area contributed by atoms with Crippen molar-refractivity contribution in [2.75, 3.05) is 38.7 Å². The van der Waals surface area contributed by atoms with Crippen LogP contribution in [0.5, 0.6) is 11.5 Å². The smallest absolute Gasteiger partial charge is 0.246 e. The molecule has 0 atom stereocenters. The molecule has 1 aromatic heterocycles. The van der Waals surface area contributed by atoms with Gasteiger partial charge in [-0.1, -0.05) is 23.9 Å². The van der Waals surface area contributed by atoms with E-state index in [2.05, 4.69) is 26.5 Å². The molecule has 4 heterocycles. The summed E-state index contributed by atoms with van der Waals surface area (Å²) in [7, 11) is 0. The SMILES string of the molecule is Cl.O=C(C=Cc1ccc2c(c1)OCO2)N1CCN(C2=NN=C(c3cccs3)CS2)CC1. The summed E-state index contributed by atoms with van der Waals surface area (Å²) in [5.41, 5.74) is 1.94. The molecule has 3 aliphatic rings. The second-order valence-electron chi connectivity index (χ2n) is 6.95. The Hall–Kier alpha value is -2.49. The van der Waals surface area contributed by atoms with Gasteiger partial charge in [0.05, 0.1) is 10.6 Å². The molecule has 31 heavy (non-hydrogen) atoms. The Morgan fingerprint density at radius 1 is 1.06 bits per heavy atom. The predicted octanol–water partition coefficient (Wildman–Crippen LogP) is 3.56. The van der Waals surface area contributed by atoms with Gasteiger partial charge in [-0.05, 0) is 35.2 Å². The highest BCUT2D eigenvalue weighted by molar-refractivity contribution is 8.14. The molecule has 0 bridgehead atoms. The summed E-state index contributed by atoms with van der Waals surface area (Å²) in [6, 6.07) is 9.77. The minimum Gasteiger partial charge on any atom is -0.454 e. The number of halogens is 1. The molecule has 162 valence electrons. The van der Waals surface area contributed by atoms with E-state index in [1.54, 1.807) is 29.2 Å². The highest BCUT2D eigenvalue weighted by atomic mass is 35.5. The molecule has 1 amide bonds. The average Bonchev–Trinajstić information content (AvgIpc) is 3.49. The van der Waals surface area contributed by atoms with Crippen molar-refractivity contribution in [3.63, 3.8) is 0 Å². The van der Waals surface area contributed by atoms with Crippen molar-refractivity contribution in [1.82, 2.24) is 9.80 Å². The lowest BCUT2D eigenvalue weighted by Crippen LogP contribution is -2.50. The maximum atomic E-state index is 12.6. The quantitative estimate of drug-likeness (QED) is 0.634. The van der Waals surface area contributed by atoms with Crippen LogP contribution in [0, 0.1) is 0 Å². The molecule has 0 aliphatic carbocycles. The first-order chi connectivity index (χ1) is 14.8. The van der Waals surface area contributed by atoms with Gasteiger partial charge < -0.3 is 19.3 Å². The number of piperazine rings is 1. The van der Waals surface area contributed by atoms with Crippen LogP contribution >= 0.6 is 35.5 Å². The fraction of sp³-hybridized carbons (Fsp3) is 0.286. The molecule has 10 heteroatoms. The molecule has 0 spiro atoms. The second kappa shape index (κ2) is 9.76. The Morgan fingerprint density at radius 3 is 2.65 bits per heavy atom. The highest BCUT2D eigenvalue weighted by Gasteiger charge is 2.24. The number of carbonyl (C=O) groups is 1. The molecule has 2 aromatic rings. The molecular weight excluding hydrogens is 456 g/mol. The molecule has 1 saturated heterocycles. The van der Waals surface area contributed by atoms with E-state index < -0.39 is 0 Å². The summed E-state index contributed by atoms with van der Waals surface area (Å²) in [4.78, 5) is 17.8. The highest BCUT2D eigenvalue weighted by Crippen LogP contribution is 2.32. The summed E-state index contributed by atoms with van der Waals surface area (Å²) in [6.07, 6.45) is 3.44. The van der Waals surface area contributed by atoms with Gasteiger partial charge in [-0.15, -0.1) is 28.8 Å². The van der Waals surface area contributed by atoms with Gasteiger partial charge in [-0.3, -0.25) is 4.79 Å². The fourth-order valence-corrected chi connectivity index (χ4v) is 5.16. The Labute approximate surface area is 194 Å². The summed E-state index contributed by atoms with van der Waals surface area (Å²) in [5, 5.41) is 11.8. The Balaban J connectivity index is 0.00000231. The maximum Gasteiger partial charge on any atom is 0.246 e. The van der Waals surface area contributed by atoms with Gasteiger partial charge in [-0.25, -0.2) is 0 Å². The second-order valence-corrected chi connectivity index (χ2v) is 8.84. The largest absolute Gasteiger partial charge is 0.454 e. The maximum absolute atomic E-state index is 12.6. The lowest BCUT2D eigenvalue weighted by molar-refractivity contribution is -0.127. The van der Waals surface area contributed by atoms with Gasteiger partial charge in [0.15, 0.2) is 16.7 Å². The number of thioether (sulfide) groups is 1. The zero-order valence-corrected chi connectivity index (χ0v) is 19.0. The number of nitrogens with zero attached hydrogens (tertiary/aromatic N) is 4.